The highest BCUT2D eigenvalue weighted by molar-refractivity contribution is 7.17. The van der Waals surface area contributed by atoms with Crippen LogP contribution in [0.2, 0.25) is 0 Å². The van der Waals surface area contributed by atoms with Gasteiger partial charge in [-0.05, 0) is 29.3 Å². The number of benzene rings is 1. The molecule has 0 saturated heterocycles. The minimum absolute atomic E-state index is 0.532. The monoisotopic (exact) mass is 194 g/mol. The quantitative estimate of drug-likeness (QED) is 0.682. The molecule has 68 valence electrons. The molecule has 2 aromatic rings. The van der Waals surface area contributed by atoms with Gasteiger partial charge in [-0.15, -0.1) is 11.3 Å². The Labute approximate surface area is 81.0 Å². The minimum Gasteiger partial charge on any atom is -0.247 e. The average molecular weight is 194 g/mol. The maximum Gasteiger partial charge on any atom is 0.101 e. The third-order valence-electron chi connectivity index (χ3n) is 2.06. The second-order valence-corrected chi connectivity index (χ2v) is 4.15. The Morgan fingerprint density at radius 3 is 2.92 bits per heavy atom. The molecule has 1 unspecified atom stereocenters. The topological polar surface area (TPSA) is 0 Å². The van der Waals surface area contributed by atoms with Gasteiger partial charge in [0.15, 0.2) is 0 Å². The highest BCUT2D eigenvalue weighted by atomic mass is 32.1. The van der Waals surface area contributed by atoms with Crippen molar-refractivity contribution in [3.8, 4) is 0 Å². The highest BCUT2D eigenvalue weighted by Gasteiger charge is 2.06. The van der Waals surface area contributed by atoms with E-state index in [0.717, 1.165) is 5.56 Å². The van der Waals surface area contributed by atoms with Crippen LogP contribution in [0.15, 0.2) is 29.6 Å². The third kappa shape index (κ3) is 1.73. The van der Waals surface area contributed by atoms with Crippen LogP contribution >= 0.6 is 11.3 Å². The SMILES string of the molecule is CC(F)Cc1csc2ccccc12. The number of rotatable bonds is 2. The van der Waals surface area contributed by atoms with Crippen LogP contribution in [-0.2, 0) is 6.42 Å². The molecule has 13 heavy (non-hydrogen) atoms. The summed E-state index contributed by atoms with van der Waals surface area (Å²) in [5.41, 5.74) is 1.13. The van der Waals surface area contributed by atoms with Crippen molar-refractivity contribution in [1.29, 1.82) is 0 Å². The first-order chi connectivity index (χ1) is 6.27. The van der Waals surface area contributed by atoms with Gasteiger partial charge >= 0.3 is 0 Å². The molecular weight excluding hydrogens is 183 g/mol. The van der Waals surface area contributed by atoms with Crippen LogP contribution in [0.1, 0.15) is 12.5 Å². The van der Waals surface area contributed by atoms with Crippen molar-refractivity contribution < 1.29 is 4.39 Å². The Kier molecular flexibility index (Phi) is 2.32. The zero-order valence-electron chi connectivity index (χ0n) is 7.46. The summed E-state index contributed by atoms with van der Waals surface area (Å²) in [4.78, 5) is 0. The fraction of sp³-hybridized carbons (Fsp3) is 0.273. The summed E-state index contributed by atoms with van der Waals surface area (Å²) in [6, 6.07) is 8.15. The molecule has 0 N–H and O–H groups in total. The fourth-order valence-electron chi connectivity index (χ4n) is 1.49. The second-order valence-electron chi connectivity index (χ2n) is 3.24. The van der Waals surface area contributed by atoms with Crippen molar-refractivity contribution in [2.75, 3.05) is 0 Å². The van der Waals surface area contributed by atoms with Crippen LogP contribution in [0.5, 0.6) is 0 Å². The average Bonchev–Trinajstić information content (AvgIpc) is 2.48. The number of fused-ring (bicyclic) bond motifs is 1. The van der Waals surface area contributed by atoms with Gasteiger partial charge in [-0.3, -0.25) is 0 Å². The predicted molar refractivity (Wildman–Crippen MR) is 56.1 cm³/mol. The number of alkyl halides is 1. The molecule has 0 saturated carbocycles. The minimum atomic E-state index is -0.752. The Balaban J connectivity index is 2.46. The lowest BCUT2D eigenvalue weighted by molar-refractivity contribution is 0.361. The molecule has 1 heterocycles. The summed E-state index contributed by atoms with van der Waals surface area (Å²) < 4.78 is 14.0. The van der Waals surface area contributed by atoms with Gasteiger partial charge in [0.25, 0.3) is 0 Å². The van der Waals surface area contributed by atoms with Crippen molar-refractivity contribution >= 4 is 21.4 Å². The van der Waals surface area contributed by atoms with Crippen LogP contribution in [0, 0.1) is 0 Å². The van der Waals surface area contributed by atoms with E-state index in [-0.39, 0.29) is 0 Å². The van der Waals surface area contributed by atoms with E-state index >= 15 is 0 Å². The van der Waals surface area contributed by atoms with Crippen LogP contribution in [0.4, 0.5) is 4.39 Å². The number of halogens is 1. The molecule has 0 aliphatic carbocycles. The van der Waals surface area contributed by atoms with Gasteiger partial charge in [-0.25, -0.2) is 4.39 Å². The smallest absolute Gasteiger partial charge is 0.101 e. The Hall–Kier alpha value is -0.890. The number of thiophene rings is 1. The molecule has 1 aromatic heterocycles. The van der Waals surface area contributed by atoms with Crippen LogP contribution < -0.4 is 0 Å². The van der Waals surface area contributed by atoms with Gasteiger partial charge in [0.2, 0.25) is 0 Å². The van der Waals surface area contributed by atoms with E-state index in [1.54, 1.807) is 18.3 Å². The van der Waals surface area contributed by atoms with Crippen molar-refractivity contribution in [1.82, 2.24) is 0 Å². The maximum absolute atomic E-state index is 12.8. The maximum atomic E-state index is 12.8. The molecule has 2 rings (SSSR count). The molecule has 0 aliphatic heterocycles. The molecule has 0 nitrogen and oxygen atoms in total. The van der Waals surface area contributed by atoms with Gasteiger partial charge < -0.3 is 0 Å². The number of hydrogen-bond donors (Lipinski definition) is 0. The predicted octanol–water partition coefficient (Wildman–Crippen LogP) is 3.80. The van der Waals surface area contributed by atoms with E-state index in [1.807, 2.05) is 12.1 Å². The van der Waals surface area contributed by atoms with E-state index < -0.39 is 6.17 Å². The summed E-state index contributed by atoms with van der Waals surface area (Å²) in [7, 11) is 0. The normalized spacial score (nSPS) is 13.4. The summed E-state index contributed by atoms with van der Waals surface area (Å²) >= 11 is 1.69. The summed E-state index contributed by atoms with van der Waals surface area (Å²) in [6.45, 7) is 1.60. The van der Waals surface area contributed by atoms with E-state index in [0.29, 0.717) is 6.42 Å². The van der Waals surface area contributed by atoms with Crippen LogP contribution in [0.25, 0.3) is 10.1 Å². The summed E-state index contributed by atoms with van der Waals surface area (Å²) in [6.07, 6.45) is -0.220. The van der Waals surface area contributed by atoms with Gasteiger partial charge in [-0.1, -0.05) is 18.2 Å². The second kappa shape index (κ2) is 3.46. The van der Waals surface area contributed by atoms with E-state index in [2.05, 4.69) is 17.5 Å². The molecule has 0 spiro atoms. The fourth-order valence-corrected chi connectivity index (χ4v) is 2.47. The zero-order valence-corrected chi connectivity index (χ0v) is 8.27. The molecule has 1 aromatic carbocycles. The first kappa shape index (κ1) is 8.70. The Morgan fingerprint density at radius 2 is 2.15 bits per heavy atom. The Bertz CT molecular complexity index is 403. The zero-order chi connectivity index (χ0) is 9.26. The van der Waals surface area contributed by atoms with Gasteiger partial charge in [-0.2, -0.15) is 0 Å². The Morgan fingerprint density at radius 1 is 1.38 bits per heavy atom. The van der Waals surface area contributed by atoms with Gasteiger partial charge in [0, 0.05) is 11.1 Å². The first-order valence-electron chi connectivity index (χ1n) is 4.36. The molecule has 0 fully saturated rings. The molecule has 1 atom stereocenters. The lowest BCUT2D eigenvalue weighted by Gasteiger charge is -1.99. The van der Waals surface area contributed by atoms with E-state index in [4.69, 9.17) is 0 Å². The van der Waals surface area contributed by atoms with Gasteiger partial charge in [0.05, 0.1) is 0 Å². The molecular formula is C11H11FS. The first-order valence-corrected chi connectivity index (χ1v) is 5.24. The molecule has 2 heteroatoms. The molecule has 0 bridgehead atoms. The van der Waals surface area contributed by atoms with Crippen LogP contribution in [0.3, 0.4) is 0 Å². The third-order valence-corrected chi connectivity index (χ3v) is 3.07. The van der Waals surface area contributed by atoms with E-state index in [1.165, 1.54) is 10.1 Å². The molecule has 0 aliphatic rings. The van der Waals surface area contributed by atoms with Crippen molar-refractivity contribution in [2.45, 2.75) is 19.5 Å². The van der Waals surface area contributed by atoms with E-state index in [9.17, 15) is 4.39 Å². The number of hydrogen-bond acceptors (Lipinski definition) is 1. The van der Waals surface area contributed by atoms with Crippen LogP contribution in [-0.4, -0.2) is 6.17 Å². The molecule has 0 amide bonds. The lowest BCUT2D eigenvalue weighted by Crippen LogP contribution is -1.96. The standard InChI is InChI=1S/C11H11FS/c1-8(12)6-9-7-13-11-5-3-2-4-10(9)11/h2-5,7-8H,6H2,1H3. The summed E-state index contributed by atoms with van der Waals surface area (Å²) in [5, 5.41) is 3.26. The van der Waals surface area contributed by atoms with Gasteiger partial charge in [0.1, 0.15) is 6.17 Å². The van der Waals surface area contributed by atoms with Crippen molar-refractivity contribution in [2.24, 2.45) is 0 Å². The lowest BCUT2D eigenvalue weighted by atomic mass is 10.1. The molecule has 0 radical (unpaired) electrons. The van der Waals surface area contributed by atoms with Crippen molar-refractivity contribution in [3.63, 3.8) is 0 Å². The summed E-state index contributed by atoms with van der Waals surface area (Å²) in [5.74, 6) is 0. The van der Waals surface area contributed by atoms with Crippen molar-refractivity contribution in [3.05, 3.63) is 35.2 Å². The highest BCUT2D eigenvalue weighted by Crippen LogP contribution is 2.26. The largest absolute Gasteiger partial charge is 0.247 e.